The SMILES string of the molecule is COC(=O)c1ccccc1NC(=O)c1c(NC(=O)Cc2ccc(OC)c(OC)c2)sc2c1CCC(C(C)(C)C)C2. The molecule has 1 aliphatic rings. The fourth-order valence-corrected chi connectivity index (χ4v) is 6.41. The number of carbonyl (C=O) groups is 3. The second kappa shape index (κ2) is 12.1. The first-order valence-corrected chi connectivity index (χ1v) is 14.0. The average Bonchev–Trinajstić information content (AvgIpc) is 3.29. The third-order valence-corrected chi connectivity index (χ3v) is 8.53. The highest BCUT2D eigenvalue weighted by Gasteiger charge is 2.34. The van der Waals surface area contributed by atoms with Crippen LogP contribution in [0.25, 0.3) is 0 Å². The molecule has 1 unspecified atom stereocenters. The van der Waals surface area contributed by atoms with Crippen molar-refractivity contribution in [2.75, 3.05) is 32.0 Å². The van der Waals surface area contributed by atoms with Crippen LogP contribution in [-0.4, -0.2) is 39.1 Å². The normalized spacial score (nSPS) is 14.6. The van der Waals surface area contributed by atoms with Gasteiger partial charge in [-0.3, -0.25) is 9.59 Å². The number of ether oxygens (including phenoxy) is 3. The summed E-state index contributed by atoms with van der Waals surface area (Å²) in [7, 11) is 4.41. The smallest absolute Gasteiger partial charge is 0.339 e. The molecule has 2 aromatic carbocycles. The van der Waals surface area contributed by atoms with Crippen molar-refractivity contribution in [3.8, 4) is 11.5 Å². The van der Waals surface area contributed by atoms with Crippen molar-refractivity contribution in [1.29, 1.82) is 0 Å². The number of anilines is 2. The van der Waals surface area contributed by atoms with Gasteiger partial charge in [-0.2, -0.15) is 0 Å². The van der Waals surface area contributed by atoms with Crippen LogP contribution in [0.4, 0.5) is 10.7 Å². The molecule has 2 N–H and O–H groups in total. The van der Waals surface area contributed by atoms with Crippen LogP contribution in [0.15, 0.2) is 42.5 Å². The molecule has 0 saturated heterocycles. The predicted octanol–water partition coefficient (Wildman–Crippen LogP) is 6.14. The Hall–Kier alpha value is -3.85. The quantitative estimate of drug-likeness (QED) is 0.319. The summed E-state index contributed by atoms with van der Waals surface area (Å²) >= 11 is 1.46. The summed E-state index contributed by atoms with van der Waals surface area (Å²) in [6.07, 6.45) is 2.62. The fraction of sp³-hybridized carbons (Fsp3) is 0.387. The van der Waals surface area contributed by atoms with E-state index in [2.05, 4.69) is 31.4 Å². The molecule has 4 rings (SSSR count). The maximum absolute atomic E-state index is 13.8. The minimum Gasteiger partial charge on any atom is -0.493 e. The van der Waals surface area contributed by atoms with Gasteiger partial charge in [-0.1, -0.05) is 39.0 Å². The van der Waals surface area contributed by atoms with Crippen molar-refractivity contribution in [3.05, 3.63) is 69.6 Å². The Morgan fingerprint density at radius 1 is 0.975 bits per heavy atom. The lowest BCUT2D eigenvalue weighted by atomic mass is 9.72. The summed E-state index contributed by atoms with van der Waals surface area (Å²) in [4.78, 5) is 40.4. The minimum absolute atomic E-state index is 0.0970. The van der Waals surface area contributed by atoms with Gasteiger partial charge in [0.25, 0.3) is 5.91 Å². The van der Waals surface area contributed by atoms with E-state index >= 15 is 0 Å². The number of rotatable bonds is 8. The highest BCUT2D eigenvalue weighted by molar-refractivity contribution is 7.17. The molecule has 9 heteroatoms. The lowest BCUT2D eigenvalue weighted by Gasteiger charge is -2.33. The van der Waals surface area contributed by atoms with Gasteiger partial charge < -0.3 is 24.8 Å². The predicted molar refractivity (Wildman–Crippen MR) is 157 cm³/mol. The third-order valence-electron chi connectivity index (χ3n) is 7.36. The van der Waals surface area contributed by atoms with Crippen LogP contribution in [0, 0.1) is 11.3 Å². The van der Waals surface area contributed by atoms with E-state index in [0.29, 0.717) is 33.7 Å². The molecular weight excluding hydrogens is 528 g/mol. The molecule has 1 aliphatic carbocycles. The molecule has 212 valence electrons. The number of hydrogen-bond acceptors (Lipinski definition) is 7. The molecule has 1 aromatic heterocycles. The van der Waals surface area contributed by atoms with Gasteiger partial charge >= 0.3 is 5.97 Å². The van der Waals surface area contributed by atoms with Crippen LogP contribution in [0.2, 0.25) is 0 Å². The largest absolute Gasteiger partial charge is 0.493 e. The standard InChI is InChI=1S/C31H36N2O6S/c1-31(2,3)19-12-13-21-25(17-19)40-29(33-26(34)16-18-11-14-23(37-4)24(15-18)38-5)27(21)28(35)32-22-10-8-7-9-20(22)30(36)39-6/h7-11,14-15,19H,12-13,16-17H2,1-6H3,(H,32,35)(H,33,34). The van der Waals surface area contributed by atoms with Crippen molar-refractivity contribution >= 4 is 39.8 Å². The molecule has 0 saturated carbocycles. The Labute approximate surface area is 239 Å². The van der Waals surface area contributed by atoms with E-state index in [1.165, 1.54) is 18.4 Å². The van der Waals surface area contributed by atoms with E-state index in [9.17, 15) is 14.4 Å². The minimum atomic E-state index is -0.542. The first-order chi connectivity index (χ1) is 19.0. The number of methoxy groups -OCH3 is 3. The highest BCUT2D eigenvalue weighted by atomic mass is 32.1. The van der Waals surface area contributed by atoms with E-state index in [1.54, 1.807) is 50.6 Å². The maximum atomic E-state index is 13.8. The van der Waals surface area contributed by atoms with Gasteiger partial charge in [0.05, 0.1) is 44.6 Å². The number of fused-ring (bicyclic) bond motifs is 1. The van der Waals surface area contributed by atoms with Gasteiger partial charge in [0, 0.05) is 4.88 Å². The summed E-state index contributed by atoms with van der Waals surface area (Å²) < 4.78 is 15.6. The van der Waals surface area contributed by atoms with E-state index in [0.717, 1.165) is 35.3 Å². The Morgan fingerprint density at radius 2 is 1.70 bits per heavy atom. The second-order valence-corrected chi connectivity index (χ2v) is 12.0. The van der Waals surface area contributed by atoms with Crippen molar-refractivity contribution in [2.24, 2.45) is 11.3 Å². The van der Waals surface area contributed by atoms with Gasteiger partial charge in [-0.15, -0.1) is 11.3 Å². The van der Waals surface area contributed by atoms with Crippen LogP contribution >= 0.6 is 11.3 Å². The van der Waals surface area contributed by atoms with Crippen LogP contribution < -0.4 is 20.1 Å². The van der Waals surface area contributed by atoms with Gasteiger partial charge in [-0.05, 0) is 66.0 Å². The number of hydrogen-bond donors (Lipinski definition) is 2. The average molecular weight is 565 g/mol. The summed E-state index contributed by atoms with van der Waals surface area (Å²) in [5, 5.41) is 6.41. The molecule has 0 aliphatic heterocycles. The monoisotopic (exact) mass is 564 g/mol. The zero-order chi connectivity index (χ0) is 29.0. The molecule has 3 aromatic rings. The molecule has 1 heterocycles. The Balaban J connectivity index is 1.65. The fourth-order valence-electron chi connectivity index (χ4n) is 5.07. The molecule has 0 spiro atoms. The van der Waals surface area contributed by atoms with E-state index in [-0.39, 0.29) is 29.2 Å². The Morgan fingerprint density at radius 3 is 2.38 bits per heavy atom. The number of esters is 1. The zero-order valence-corrected chi connectivity index (χ0v) is 24.6. The highest BCUT2D eigenvalue weighted by Crippen LogP contribution is 2.44. The van der Waals surface area contributed by atoms with Gasteiger partial charge in [0.15, 0.2) is 11.5 Å². The van der Waals surface area contributed by atoms with Crippen molar-refractivity contribution in [3.63, 3.8) is 0 Å². The van der Waals surface area contributed by atoms with Crippen LogP contribution in [0.1, 0.15) is 63.9 Å². The molecule has 0 fully saturated rings. The van der Waals surface area contributed by atoms with Crippen molar-refractivity contribution < 1.29 is 28.6 Å². The number of para-hydroxylation sites is 1. The van der Waals surface area contributed by atoms with Gasteiger partial charge in [0.2, 0.25) is 5.91 Å². The molecule has 40 heavy (non-hydrogen) atoms. The lowest BCUT2D eigenvalue weighted by Crippen LogP contribution is -2.27. The topological polar surface area (TPSA) is 103 Å². The summed E-state index contributed by atoms with van der Waals surface area (Å²) in [5.41, 5.74) is 2.90. The molecule has 8 nitrogen and oxygen atoms in total. The Kier molecular flexibility index (Phi) is 8.83. The first kappa shape index (κ1) is 29.1. The maximum Gasteiger partial charge on any atom is 0.339 e. The van der Waals surface area contributed by atoms with Crippen molar-refractivity contribution in [1.82, 2.24) is 0 Å². The molecule has 1 atom stereocenters. The van der Waals surface area contributed by atoms with Crippen LogP contribution in [0.3, 0.4) is 0 Å². The van der Waals surface area contributed by atoms with Crippen molar-refractivity contribution in [2.45, 2.75) is 46.5 Å². The summed E-state index contributed by atoms with van der Waals surface area (Å²) in [6, 6.07) is 12.0. The molecule has 2 amide bonds. The van der Waals surface area contributed by atoms with E-state index < -0.39 is 5.97 Å². The summed E-state index contributed by atoms with van der Waals surface area (Å²) in [5.74, 6) is 0.422. The van der Waals surface area contributed by atoms with Gasteiger partial charge in [0.1, 0.15) is 5.00 Å². The third kappa shape index (κ3) is 6.31. The van der Waals surface area contributed by atoms with Gasteiger partial charge in [-0.25, -0.2) is 4.79 Å². The number of amides is 2. The summed E-state index contributed by atoms with van der Waals surface area (Å²) in [6.45, 7) is 6.71. The molecule has 0 radical (unpaired) electrons. The number of benzene rings is 2. The molecule has 0 bridgehead atoms. The number of carbonyl (C=O) groups excluding carboxylic acids is 3. The van der Waals surface area contributed by atoms with E-state index in [4.69, 9.17) is 14.2 Å². The molecular formula is C31H36N2O6S. The number of nitrogens with one attached hydrogen (secondary N) is 2. The van der Waals surface area contributed by atoms with E-state index in [1.807, 2.05) is 6.07 Å². The second-order valence-electron chi connectivity index (χ2n) is 10.9. The lowest BCUT2D eigenvalue weighted by molar-refractivity contribution is -0.115. The first-order valence-electron chi connectivity index (χ1n) is 13.2. The van der Waals surface area contributed by atoms with Crippen LogP contribution in [0.5, 0.6) is 11.5 Å². The van der Waals surface area contributed by atoms with Crippen LogP contribution in [-0.2, 0) is 28.8 Å². The number of thiophene rings is 1. The Bertz CT molecular complexity index is 1420. The zero-order valence-electron chi connectivity index (χ0n) is 23.8.